The zero-order valence-corrected chi connectivity index (χ0v) is 14.8. The summed E-state index contributed by atoms with van der Waals surface area (Å²) < 4.78 is 27.8. The van der Waals surface area contributed by atoms with E-state index in [4.69, 9.17) is 0 Å². The quantitative estimate of drug-likeness (QED) is 0.877. The molecule has 0 bridgehead atoms. The number of H-pyrrole nitrogens is 1. The van der Waals surface area contributed by atoms with Crippen LogP contribution in [0.3, 0.4) is 0 Å². The summed E-state index contributed by atoms with van der Waals surface area (Å²) in [6.45, 7) is 5.80. The maximum Gasteiger partial charge on any atom is 0.255 e. The van der Waals surface area contributed by atoms with Gasteiger partial charge in [0.05, 0.1) is 4.90 Å². The van der Waals surface area contributed by atoms with Crippen LogP contribution < -0.4 is 10.9 Å². The maximum absolute atomic E-state index is 13.1. The summed E-state index contributed by atoms with van der Waals surface area (Å²) in [5.41, 5.74) is -0.275. The van der Waals surface area contributed by atoms with Crippen molar-refractivity contribution in [3.05, 3.63) is 40.8 Å². The van der Waals surface area contributed by atoms with Crippen molar-refractivity contribution in [1.82, 2.24) is 14.6 Å². The number of piperazine rings is 1. The molecule has 7 heteroatoms. The van der Waals surface area contributed by atoms with Crippen LogP contribution in [0.1, 0.15) is 20.3 Å². The first-order chi connectivity index (χ1) is 11.4. The third-order valence-electron chi connectivity index (χ3n) is 4.37. The molecule has 0 aliphatic carbocycles. The molecule has 1 atom stereocenters. The SMILES string of the molecule is CC(C)CC1CN(S(=O)(=O)c2cccc3c(=O)[nH]ccc23)CCN1. The van der Waals surface area contributed by atoms with E-state index in [2.05, 4.69) is 24.1 Å². The van der Waals surface area contributed by atoms with E-state index in [0.29, 0.717) is 36.3 Å². The highest BCUT2D eigenvalue weighted by atomic mass is 32.2. The summed E-state index contributed by atoms with van der Waals surface area (Å²) in [4.78, 5) is 14.7. The van der Waals surface area contributed by atoms with Crippen LogP contribution in [0.15, 0.2) is 40.2 Å². The molecule has 1 saturated heterocycles. The molecule has 2 heterocycles. The third-order valence-corrected chi connectivity index (χ3v) is 6.29. The number of aromatic nitrogens is 1. The molecule has 0 saturated carbocycles. The molecule has 24 heavy (non-hydrogen) atoms. The van der Waals surface area contributed by atoms with Crippen molar-refractivity contribution in [2.24, 2.45) is 5.92 Å². The lowest BCUT2D eigenvalue weighted by molar-refractivity contribution is 0.272. The number of aromatic amines is 1. The van der Waals surface area contributed by atoms with Gasteiger partial charge in [-0.2, -0.15) is 4.31 Å². The smallest absolute Gasteiger partial charge is 0.255 e. The lowest BCUT2D eigenvalue weighted by atomic mass is 10.0. The molecule has 1 unspecified atom stereocenters. The second-order valence-electron chi connectivity index (χ2n) is 6.67. The Bertz CT molecular complexity index is 889. The van der Waals surface area contributed by atoms with Crippen molar-refractivity contribution in [3.8, 4) is 0 Å². The predicted octanol–water partition coefficient (Wildman–Crippen LogP) is 1.54. The first kappa shape index (κ1) is 17.1. The Morgan fingerprint density at radius 2 is 2.04 bits per heavy atom. The van der Waals surface area contributed by atoms with Crippen LogP contribution in [0, 0.1) is 5.92 Å². The lowest BCUT2D eigenvalue weighted by Gasteiger charge is -2.34. The molecule has 1 aromatic heterocycles. The summed E-state index contributed by atoms with van der Waals surface area (Å²) in [6, 6.07) is 6.66. The van der Waals surface area contributed by atoms with E-state index in [1.165, 1.54) is 10.5 Å². The first-order valence-corrected chi connectivity index (χ1v) is 9.67. The largest absolute Gasteiger partial charge is 0.329 e. The van der Waals surface area contributed by atoms with Crippen LogP contribution in [0.25, 0.3) is 10.8 Å². The molecule has 2 aromatic rings. The van der Waals surface area contributed by atoms with E-state index in [1.807, 2.05) is 0 Å². The predicted molar refractivity (Wildman–Crippen MR) is 94.6 cm³/mol. The normalized spacial score (nSPS) is 19.9. The molecule has 6 nitrogen and oxygen atoms in total. The maximum atomic E-state index is 13.1. The number of sulfonamides is 1. The average Bonchev–Trinajstić information content (AvgIpc) is 2.54. The number of benzene rings is 1. The van der Waals surface area contributed by atoms with Crippen molar-refractivity contribution < 1.29 is 8.42 Å². The molecule has 1 fully saturated rings. The standard InChI is InChI=1S/C17H23N3O3S/c1-12(2)10-13-11-20(9-8-18-13)24(22,23)16-5-3-4-15-14(16)6-7-19-17(15)21/h3-7,12-13,18H,8-11H2,1-2H3,(H,19,21). The topological polar surface area (TPSA) is 82.3 Å². The van der Waals surface area contributed by atoms with Gasteiger partial charge in [0.15, 0.2) is 0 Å². The number of rotatable bonds is 4. The fourth-order valence-electron chi connectivity index (χ4n) is 3.30. The van der Waals surface area contributed by atoms with E-state index in [-0.39, 0.29) is 16.5 Å². The van der Waals surface area contributed by atoms with Crippen molar-refractivity contribution in [3.63, 3.8) is 0 Å². The zero-order chi connectivity index (χ0) is 17.3. The molecule has 0 radical (unpaired) electrons. The van der Waals surface area contributed by atoms with Gasteiger partial charge in [-0.15, -0.1) is 0 Å². The molecule has 1 aromatic carbocycles. The molecule has 2 N–H and O–H groups in total. The number of hydrogen-bond donors (Lipinski definition) is 2. The number of fused-ring (bicyclic) bond motifs is 1. The van der Waals surface area contributed by atoms with Gasteiger partial charge in [0, 0.05) is 42.6 Å². The van der Waals surface area contributed by atoms with E-state index in [0.717, 1.165) is 6.42 Å². The van der Waals surface area contributed by atoms with Crippen LogP contribution in [0.4, 0.5) is 0 Å². The number of hydrogen-bond acceptors (Lipinski definition) is 4. The van der Waals surface area contributed by atoms with E-state index in [9.17, 15) is 13.2 Å². The van der Waals surface area contributed by atoms with E-state index < -0.39 is 10.0 Å². The van der Waals surface area contributed by atoms with E-state index >= 15 is 0 Å². The second-order valence-corrected chi connectivity index (χ2v) is 8.57. The van der Waals surface area contributed by atoms with Gasteiger partial charge in [-0.1, -0.05) is 19.9 Å². The molecule has 3 rings (SSSR count). The average molecular weight is 349 g/mol. The minimum atomic E-state index is -3.63. The van der Waals surface area contributed by atoms with Gasteiger partial charge in [-0.05, 0) is 30.5 Å². The third kappa shape index (κ3) is 3.24. The second kappa shape index (κ2) is 6.66. The zero-order valence-electron chi connectivity index (χ0n) is 14.0. The molecule has 0 spiro atoms. The fraction of sp³-hybridized carbons (Fsp3) is 0.471. The summed E-state index contributed by atoms with van der Waals surface area (Å²) in [6.07, 6.45) is 2.42. The molecule has 130 valence electrons. The molecular weight excluding hydrogens is 326 g/mol. The van der Waals surface area contributed by atoms with Crippen LogP contribution in [0.5, 0.6) is 0 Å². The summed E-state index contributed by atoms with van der Waals surface area (Å²) >= 11 is 0. The highest BCUT2D eigenvalue weighted by Crippen LogP contribution is 2.25. The lowest BCUT2D eigenvalue weighted by Crippen LogP contribution is -2.52. The van der Waals surface area contributed by atoms with Gasteiger partial charge in [-0.25, -0.2) is 8.42 Å². The first-order valence-electron chi connectivity index (χ1n) is 8.23. The Morgan fingerprint density at radius 1 is 1.25 bits per heavy atom. The summed E-state index contributed by atoms with van der Waals surface area (Å²) in [5, 5.41) is 4.26. The van der Waals surface area contributed by atoms with Crippen molar-refractivity contribution in [2.45, 2.75) is 31.2 Å². The number of pyridine rings is 1. The van der Waals surface area contributed by atoms with Gasteiger partial charge in [0.25, 0.3) is 5.56 Å². The molecular formula is C17H23N3O3S. The van der Waals surface area contributed by atoms with Gasteiger partial charge in [0.2, 0.25) is 10.0 Å². The number of nitrogens with one attached hydrogen (secondary N) is 2. The fourth-order valence-corrected chi connectivity index (χ4v) is 4.99. The Morgan fingerprint density at radius 3 is 2.79 bits per heavy atom. The van der Waals surface area contributed by atoms with Gasteiger partial charge >= 0.3 is 0 Å². The van der Waals surface area contributed by atoms with Gasteiger partial charge in [-0.3, -0.25) is 4.79 Å². The Labute approximate surface area is 141 Å². The van der Waals surface area contributed by atoms with E-state index in [1.54, 1.807) is 24.3 Å². The van der Waals surface area contributed by atoms with Gasteiger partial charge in [0.1, 0.15) is 0 Å². The minimum absolute atomic E-state index is 0.159. The monoisotopic (exact) mass is 349 g/mol. The van der Waals surface area contributed by atoms with Crippen molar-refractivity contribution >= 4 is 20.8 Å². The van der Waals surface area contributed by atoms with Crippen LogP contribution in [-0.2, 0) is 10.0 Å². The van der Waals surface area contributed by atoms with Crippen molar-refractivity contribution in [1.29, 1.82) is 0 Å². The highest BCUT2D eigenvalue weighted by molar-refractivity contribution is 7.89. The Balaban J connectivity index is 1.99. The molecule has 0 amide bonds. The molecule has 1 aliphatic rings. The summed E-state index contributed by atoms with van der Waals surface area (Å²) in [5.74, 6) is 0.501. The highest BCUT2D eigenvalue weighted by Gasteiger charge is 2.31. The summed E-state index contributed by atoms with van der Waals surface area (Å²) in [7, 11) is -3.63. The Hall–Kier alpha value is -1.70. The van der Waals surface area contributed by atoms with Crippen LogP contribution in [-0.4, -0.2) is 43.4 Å². The minimum Gasteiger partial charge on any atom is -0.329 e. The Kier molecular flexibility index (Phi) is 4.76. The van der Waals surface area contributed by atoms with Crippen LogP contribution >= 0.6 is 0 Å². The van der Waals surface area contributed by atoms with Crippen LogP contribution in [0.2, 0.25) is 0 Å². The molecule has 1 aliphatic heterocycles. The number of nitrogens with zero attached hydrogens (tertiary/aromatic N) is 1. The van der Waals surface area contributed by atoms with Crippen molar-refractivity contribution in [2.75, 3.05) is 19.6 Å². The van der Waals surface area contributed by atoms with Gasteiger partial charge < -0.3 is 10.3 Å².